The summed E-state index contributed by atoms with van der Waals surface area (Å²) in [5.74, 6) is 0.203. The first-order valence-electron chi connectivity index (χ1n) is 9.57. The van der Waals surface area contributed by atoms with E-state index in [0.29, 0.717) is 17.7 Å². The number of allylic oxidation sites excluding steroid dienone is 1. The normalized spacial score (nSPS) is 21.3. The van der Waals surface area contributed by atoms with E-state index in [1.54, 1.807) is 18.2 Å². The van der Waals surface area contributed by atoms with Crippen LogP contribution in [0.1, 0.15) is 32.8 Å². The van der Waals surface area contributed by atoms with Crippen LogP contribution in [0, 0.1) is 16.7 Å². The second kappa shape index (κ2) is 7.67. The quantitative estimate of drug-likeness (QED) is 0.687. The van der Waals surface area contributed by atoms with Crippen molar-refractivity contribution in [2.75, 3.05) is 0 Å². The number of nitrogens with one attached hydrogen (secondary N) is 1. The summed E-state index contributed by atoms with van der Waals surface area (Å²) in [6.07, 6.45) is 2.34. The number of para-hydroxylation sites is 1. The minimum atomic E-state index is -3.99. The van der Waals surface area contributed by atoms with Crippen LogP contribution in [0.25, 0.3) is 0 Å². The third-order valence-corrected chi connectivity index (χ3v) is 6.96. The molecule has 0 bridgehead atoms. The van der Waals surface area contributed by atoms with Crippen LogP contribution in [-0.4, -0.2) is 14.3 Å². The molecule has 2 atom stereocenters. The van der Waals surface area contributed by atoms with Crippen molar-refractivity contribution < 1.29 is 17.9 Å². The molecular formula is C23H27NO4S. The summed E-state index contributed by atoms with van der Waals surface area (Å²) >= 11 is 0. The molecule has 1 saturated carbocycles. The van der Waals surface area contributed by atoms with Crippen LogP contribution in [-0.2, 0) is 21.4 Å². The minimum Gasteiger partial charge on any atom is -0.489 e. The van der Waals surface area contributed by atoms with Crippen molar-refractivity contribution in [3.05, 3.63) is 72.8 Å². The number of hydrogen-bond acceptors (Lipinski definition) is 4. The molecule has 1 fully saturated rings. The van der Waals surface area contributed by atoms with Crippen LogP contribution in [0.4, 0.5) is 0 Å². The third kappa shape index (κ3) is 4.22. The third-order valence-electron chi connectivity index (χ3n) is 5.63. The van der Waals surface area contributed by atoms with Crippen LogP contribution >= 0.6 is 0 Å². The van der Waals surface area contributed by atoms with Crippen molar-refractivity contribution in [1.82, 2.24) is 4.72 Å². The van der Waals surface area contributed by atoms with E-state index in [4.69, 9.17) is 4.74 Å². The maximum absolute atomic E-state index is 13.0. The van der Waals surface area contributed by atoms with Gasteiger partial charge in [0.2, 0.25) is 5.91 Å². The van der Waals surface area contributed by atoms with Crippen LogP contribution < -0.4 is 9.46 Å². The van der Waals surface area contributed by atoms with Gasteiger partial charge in [0, 0.05) is 0 Å². The first-order valence-corrected chi connectivity index (χ1v) is 11.0. The largest absolute Gasteiger partial charge is 0.489 e. The summed E-state index contributed by atoms with van der Waals surface area (Å²) in [5.41, 5.74) is -0.433. The topological polar surface area (TPSA) is 72.5 Å². The number of benzene rings is 2. The molecule has 0 aromatic heterocycles. The first kappa shape index (κ1) is 21.1. The minimum absolute atomic E-state index is 0.0247. The number of carbonyl (C=O) groups is 1. The fourth-order valence-electron chi connectivity index (χ4n) is 3.79. The molecule has 154 valence electrons. The van der Waals surface area contributed by atoms with Gasteiger partial charge in [0.25, 0.3) is 10.0 Å². The molecular weight excluding hydrogens is 386 g/mol. The fourth-order valence-corrected chi connectivity index (χ4v) is 4.90. The molecule has 0 unspecified atom stereocenters. The highest BCUT2D eigenvalue weighted by Gasteiger charge is 2.65. The van der Waals surface area contributed by atoms with E-state index in [1.165, 1.54) is 12.1 Å². The number of amides is 1. The molecule has 2 aromatic rings. The zero-order valence-corrected chi connectivity index (χ0v) is 17.8. The van der Waals surface area contributed by atoms with Gasteiger partial charge in [-0.15, -0.1) is 6.58 Å². The molecule has 0 aliphatic heterocycles. The second-order valence-corrected chi connectivity index (χ2v) is 10.1. The van der Waals surface area contributed by atoms with E-state index in [-0.39, 0.29) is 22.8 Å². The number of rotatable bonds is 7. The Morgan fingerprint density at radius 2 is 1.90 bits per heavy atom. The average Bonchev–Trinajstić information content (AvgIpc) is 3.44. The number of ether oxygens (including phenoxy) is 1. The summed E-state index contributed by atoms with van der Waals surface area (Å²) < 4.78 is 33.7. The Morgan fingerprint density at radius 3 is 2.48 bits per heavy atom. The van der Waals surface area contributed by atoms with Crippen molar-refractivity contribution >= 4 is 15.9 Å². The maximum Gasteiger partial charge on any atom is 0.264 e. The highest BCUT2D eigenvalue weighted by molar-refractivity contribution is 7.90. The lowest BCUT2D eigenvalue weighted by atomic mass is 9.75. The lowest BCUT2D eigenvalue weighted by Gasteiger charge is -2.30. The van der Waals surface area contributed by atoms with E-state index in [9.17, 15) is 13.2 Å². The van der Waals surface area contributed by atoms with Gasteiger partial charge in [-0.2, -0.15) is 0 Å². The monoisotopic (exact) mass is 413 g/mol. The molecule has 1 aliphatic rings. The molecule has 1 amide bonds. The van der Waals surface area contributed by atoms with Crippen LogP contribution in [0.5, 0.6) is 5.75 Å². The van der Waals surface area contributed by atoms with Gasteiger partial charge in [-0.3, -0.25) is 4.79 Å². The molecule has 0 spiro atoms. The fraction of sp³-hybridized carbons (Fsp3) is 0.348. The number of carbonyl (C=O) groups excluding carboxylic acids is 1. The Kier molecular flexibility index (Phi) is 5.59. The van der Waals surface area contributed by atoms with E-state index in [1.807, 2.05) is 51.1 Å². The van der Waals surface area contributed by atoms with Crippen LogP contribution in [0.15, 0.2) is 72.1 Å². The Labute approximate surface area is 172 Å². The second-order valence-electron chi connectivity index (χ2n) is 8.45. The molecule has 2 aromatic carbocycles. The predicted octanol–water partition coefficient (Wildman–Crippen LogP) is 4.31. The molecule has 6 heteroatoms. The van der Waals surface area contributed by atoms with Crippen molar-refractivity contribution in [2.45, 2.75) is 38.7 Å². The summed E-state index contributed by atoms with van der Waals surface area (Å²) in [6.45, 7) is 9.86. The van der Waals surface area contributed by atoms with E-state index in [0.717, 1.165) is 0 Å². The molecule has 0 saturated heterocycles. The van der Waals surface area contributed by atoms with Gasteiger partial charge in [-0.1, -0.05) is 57.2 Å². The van der Waals surface area contributed by atoms with Crippen LogP contribution in [0.3, 0.4) is 0 Å². The van der Waals surface area contributed by atoms with Gasteiger partial charge in [-0.25, -0.2) is 13.1 Å². The number of sulfonamides is 1. The summed E-state index contributed by atoms with van der Waals surface area (Å²) in [7, 11) is -3.99. The van der Waals surface area contributed by atoms with Crippen molar-refractivity contribution in [3.8, 4) is 5.75 Å². The van der Waals surface area contributed by atoms with Crippen molar-refractivity contribution in [3.63, 3.8) is 0 Å². The van der Waals surface area contributed by atoms with E-state index < -0.39 is 21.3 Å². The zero-order chi connectivity index (χ0) is 21.3. The van der Waals surface area contributed by atoms with Gasteiger partial charge < -0.3 is 4.74 Å². The summed E-state index contributed by atoms with van der Waals surface area (Å²) in [4.78, 5) is 13.0. The molecule has 29 heavy (non-hydrogen) atoms. The molecule has 1 aliphatic carbocycles. The maximum atomic E-state index is 13.0. The Hall–Kier alpha value is -2.60. The zero-order valence-electron chi connectivity index (χ0n) is 17.0. The Bertz CT molecular complexity index is 1010. The SMILES string of the molecule is C=C[C@@H]1C[C@@]1(C(=O)NS(=O)(=O)c1cccc(COc2ccccc2)c1)C(C)(C)C. The lowest BCUT2D eigenvalue weighted by molar-refractivity contribution is -0.128. The molecule has 5 nitrogen and oxygen atoms in total. The lowest BCUT2D eigenvalue weighted by Crippen LogP contribution is -2.43. The van der Waals surface area contributed by atoms with Gasteiger partial charge in [0.05, 0.1) is 10.3 Å². The van der Waals surface area contributed by atoms with Crippen molar-refractivity contribution in [2.24, 2.45) is 16.7 Å². The summed E-state index contributed by atoms with van der Waals surface area (Å²) in [5, 5.41) is 0. The van der Waals surface area contributed by atoms with Gasteiger partial charge in [-0.05, 0) is 47.6 Å². The van der Waals surface area contributed by atoms with Gasteiger partial charge >= 0.3 is 0 Å². The molecule has 0 heterocycles. The molecule has 1 N–H and O–H groups in total. The number of hydrogen-bond donors (Lipinski definition) is 1. The average molecular weight is 414 g/mol. The van der Waals surface area contributed by atoms with Gasteiger partial charge in [0.15, 0.2) is 0 Å². The predicted molar refractivity (Wildman–Crippen MR) is 113 cm³/mol. The highest BCUT2D eigenvalue weighted by atomic mass is 32.2. The van der Waals surface area contributed by atoms with E-state index >= 15 is 0 Å². The molecule has 0 radical (unpaired) electrons. The summed E-state index contributed by atoms with van der Waals surface area (Å²) in [6, 6.07) is 15.7. The Morgan fingerprint density at radius 1 is 1.21 bits per heavy atom. The smallest absolute Gasteiger partial charge is 0.264 e. The first-order chi connectivity index (χ1) is 13.6. The Balaban J connectivity index is 1.76. The van der Waals surface area contributed by atoms with Crippen LogP contribution in [0.2, 0.25) is 0 Å². The van der Waals surface area contributed by atoms with Gasteiger partial charge in [0.1, 0.15) is 12.4 Å². The standard InChI is InChI=1S/C23H27NO4S/c1-5-18-15-23(18,22(2,3)4)21(25)24-29(26,27)20-13-9-10-17(14-20)16-28-19-11-7-6-8-12-19/h5-14,18H,1,15-16H2,2-4H3,(H,24,25)/t18-,23-/m1/s1. The highest BCUT2D eigenvalue weighted by Crippen LogP contribution is 2.63. The van der Waals surface area contributed by atoms with E-state index in [2.05, 4.69) is 11.3 Å². The molecule has 3 rings (SSSR count). The van der Waals surface area contributed by atoms with Crippen molar-refractivity contribution in [1.29, 1.82) is 0 Å².